The van der Waals surface area contributed by atoms with Gasteiger partial charge in [-0.15, -0.1) is 4.72 Å². The summed E-state index contributed by atoms with van der Waals surface area (Å²) in [6.07, 6.45) is 0.449. The zero-order chi connectivity index (χ0) is 34.1. The quantitative estimate of drug-likeness (QED) is 0.116. The highest BCUT2D eigenvalue weighted by Crippen LogP contribution is 2.45. The molecule has 246 valence electrons. The molecule has 0 aliphatic heterocycles. The average Bonchev–Trinajstić information content (AvgIpc) is 3.40. The second-order valence-corrected chi connectivity index (χ2v) is 19.1. The van der Waals surface area contributed by atoms with Gasteiger partial charge in [0.25, 0.3) is 10.0 Å². The highest BCUT2D eigenvalue weighted by atomic mass is 32.2. The molecule has 0 spiro atoms. The summed E-state index contributed by atoms with van der Waals surface area (Å²) < 4.78 is 48.3. The molecule has 0 aliphatic carbocycles. The van der Waals surface area contributed by atoms with Gasteiger partial charge in [0.05, 0.1) is 10.4 Å². The van der Waals surface area contributed by atoms with Crippen LogP contribution in [0.1, 0.15) is 54.8 Å². The van der Waals surface area contributed by atoms with E-state index in [0.29, 0.717) is 17.4 Å². The largest absolute Gasteiger partial charge is 0.598 e. The molecule has 1 N–H and O–H groups in total. The van der Waals surface area contributed by atoms with E-state index in [4.69, 9.17) is 0 Å². The van der Waals surface area contributed by atoms with E-state index >= 15 is 0 Å². The number of para-hydroxylation sites is 1. The Morgan fingerprint density at radius 3 is 1.79 bits per heavy atom. The molecule has 0 aliphatic rings. The summed E-state index contributed by atoms with van der Waals surface area (Å²) in [4.78, 5) is 0.219. The second-order valence-electron chi connectivity index (χ2n) is 13.1. The van der Waals surface area contributed by atoms with Crippen LogP contribution in [0.3, 0.4) is 0 Å². The summed E-state index contributed by atoms with van der Waals surface area (Å²) in [7, 11) is -5.10. The van der Waals surface area contributed by atoms with Crippen LogP contribution in [0.4, 0.5) is 0 Å². The zero-order valence-corrected chi connectivity index (χ0v) is 30.4. The summed E-state index contributed by atoms with van der Waals surface area (Å²) in [6, 6.07) is 42.8. The first-order chi connectivity index (χ1) is 22.9. The molecule has 0 amide bonds. The van der Waals surface area contributed by atoms with Gasteiger partial charge in [0.1, 0.15) is 10.8 Å². The van der Waals surface area contributed by atoms with E-state index in [1.54, 1.807) is 28.2 Å². The lowest BCUT2D eigenvalue weighted by Gasteiger charge is -2.30. The Balaban J connectivity index is 1.72. The van der Waals surface area contributed by atoms with Crippen molar-refractivity contribution in [3.05, 3.63) is 161 Å². The van der Waals surface area contributed by atoms with Crippen molar-refractivity contribution in [3.8, 4) is 0 Å². The third-order valence-electron chi connectivity index (χ3n) is 8.34. The minimum atomic E-state index is -4.05. The third-order valence-corrected chi connectivity index (χ3v) is 14.1. The van der Waals surface area contributed by atoms with Gasteiger partial charge in [-0.3, -0.25) is 0 Å². The number of hydrogen-bond donors (Lipinski definition) is 1. The molecule has 2 unspecified atom stereocenters. The zero-order valence-electron chi connectivity index (χ0n) is 27.9. The van der Waals surface area contributed by atoms with Gasteiger partial charge in [0.2, 0.25) is 0 Å². The molecule has 8 heteroatoms. The van der Waals surface area contributed by atoms with Crippen LogP contribution in [0, 0.1) is 13.8 Å². The highest BCUT2D eigenvalue weighted by Gasteiger charge is 2.37. The van der Waals surface area contributed by atoms with Gasteiger partial charge in [0, 0.05) is 34.2 Å². The Morgan fingerprint density at radius 1 is 0.750 bits per heavy atom. The number of benzene rings is 5. The van der Waals surface area contributed by atoms with Crippen molar-refractivity contribution < 1.29 is 13.0 Å². The van der Waals surface area contributed by atoms with Crippen LogP contribution in [0.5, 0.6) is 0 Å². The number of rotatable bonds is 10. The normalized spacial score (nSPS) is 13.6. The molecular weight excluding hydrogens is 652 g/mol. The van der Waals surface area contributed by atoms with Crippen LogP contribution in [0.2, 0.25) is 0 Å². The molecule has 48 heavy (non-hydrogen) atoms. The second kappa shape index (κ2) is 14.0. The standard InChI is InChI=1S/C40H41N2O3PS2/c1-29-25-30(2)27-31(26-29)39(41-47(43)40(3,4)5)38-35-23-15-16-24-36(35)42(48(44,45)34-21-13-8-14-22-34)37(38)28-46(32-17-9-6-10-18-32)33-19-11-7-12-20-33/h6-27,39,41H,28H2,1-5H3. The van der Waals surface area contributed by atoms with E-state index in [2.05, 4.69) is 61.0 Å². The predicted octanol–water partition coefficient (Wildman–Crippen LogP) is 8.27. The van der Waals surface area contributed by atoms with Gasteiger partial charge < -0.3 is 4.55 Å². The fourth-order valence-corrected chi connectivity index (χ4v) is 11.0. The first-order valence-electron chi connectivity index (χ1n) is 16.0. The van der Waals surface area contributed by atoms with Crippen LogP contribution in [-0.2, 0) is 27.5 Å². The molecule has 0 saturated heterocycles. The summed E-state index contributed by atoms with van der Waals surface area (Å²) in [6.45, 7) is 9.96. The number of nitrogens with one attached hydrogen (secondary N) is 1. The minimum absolute atomic E-state index is 0.219. The van der Waals surface area contributed by atoms with Gasteiger partial charge in [0.15, 0.2) is 0 Å². The molecule has 5 aromatic carbocycles. The van der Waals surface area contributed by atoms with Crippen molar-refractivity contribution in [3.63, 3.8) is 0 Å². The third kappa shape index (κ3) is 7.03. The van der Waals surface area contributed by atoms with Crippen LogP contribution in [0.25, 0.3) is 10.9 Å². The van der Waals surface area contributed by atoms with E-state index in [9.17, 15) is 13.0 Å². The smallest absolute Gasteiger partial charge is 0.268 e. The number of aromatic nitrogens is 1. The monoisotopic (exact) mass is 692 g/mol. The van der Waals surface area contributed by atoms with Crippen molar-refractivity contribution in [1.82, 2.24) is 8.69 Å². The molecule has 0 radical (unpaired) electrons. The molecule has 5 nitrogen and oxygen atoms in total. The fraction of sp³-hybridized carbons (Fsp3) is 0.200. The maximum absolute atomic E-state index is 14.9. The lowest BCUT2D eigenvalue weighted by Crippen LogP contribution is -2.42. The first-order valence-corrected chi connectivity index (χ1v) is 20.1. The summed E-state index contributed by atoms with van der Waals surface area (Å²) in [5.74, 6) is 0. The van der Waals surface area contributed by atoms with Crippen molar-refractivity contribution in [2.24, 2.45) is 0 Å². The van der Waals surface area contributed by atoms with Crippen LogP contribution < -0.4 is 15.3 Å². The summed E-state index contributed by atoms with van der Waals surface area (Å²) in [5.41, 5.74) is 5.21. The molecule has 0 bridgehead atoms. The van der Waals surface area contributed by atoms with Crippen molar-refractivity contribution >= 4 is 50.8 Å². The Morgan fingerprint density at radius 2 is 1.25 bits per heavy atom. The molecule has 2 atom stereocenters. The van der Waals surface area contributed by atoms with Gasteiger partial charge in [-0.05, 0) is 76.9 Å². The Labute approximate surface area is 289 Å². The van der Waals surface area contributed by atoms with E-state index < -0.39 is 40.1 Å². The number of nitrogens with zero attached hydrogens (tertiary/aromatic N) is 1. The lowest BCUT2D eigenvalue weighted by molar-refractivity contribution is 0.535. The molecule has 1 aromatic heterocycles. The Bertz CT molecular complexity index is 2070. The van der Waals surface area contributed by atoms with E-state index in [1.165, 1.54) is 0 Å². The van der Waals surface area contributed by atoms with Gasteiger partial charge >= 0.3 is 0 Å². The van der Waals surface area contributed by atoms with Crippen molar-refractivity contribution in [1.29, 1.82) is 0 Å². The fourth-order valence-electron chi connectivity index (χ4n) is 6.18. The van der Waals surface area contributed by atoms with Crippen LogP contribution in [0.15, 0.2) is 138 Å². The van der Waals surface area contributed by atoms with Crippen molar-refractivity contribution in [2.45, 2.75) is 56.5 Å². The van der Waals surface area contributed by atoms with Gasteiger partial charge in [-0.1, -0.05) is 126 Å². The molecule has 0 saturated carbocycles. The van der Waals surface area contributed by atoms with Crippen LogP contribution >= 0.6 is 7.92 Å². The Kier molecular flexibility index (Phi) is 9.98. The topological polar surface area (TPSA) is 74.2 Å². The summed E-state index contributed by atoms with van der Waals surface area (Å²) >= 11 is -1.47. The molecule has 6 aromatic rings. The number of fused-ring (bicyclic) bond motifs is 1. The molecule has 1 heterocycles. The SMILES string of the molecule is Cc1cc(C)cc(C(N[S+]([O-])C(C)(C)C)c2c(CP(c3ccccc3)c3ccccc3)n(S(=O)(=O)c3ccccc3)c3ccccc23)c1. The van der Waals surface area contributed by atoms with Crippen LogP contribution in [-0.4, -0.2) is 21.7 Å². The van der Waals surface area contributed by atoms with E-state index in [1.807, 2.05) is 87.5 Å². The lowest BCUT2D eigenvalue weighted by atomic mass is 9.94. The van der Waals surface area contributed by atoms with E-state index in [-0.39, 0.29) is 4.90 Å². The average molecular weight is 693 g/mol. The molecule has 6 rings (SSSR count). The van der Waals surface area contributed by atoms with E-state index in [0.717, 1.165) is 38.2 Å². The highest BCUT2D eigenvalue weighted by molar-refractivity contribution is 7.91. The Hall–Kier alpha value is -3.71. The molecular formula is C40H41N2O3PS2. The minimum Gasteiger partial charge on any atom is -0.598 e. The summed E-state index contributed by atoms with van der Waals surface area (Å²) in [5, 5.41) is 3.10. The maximum Gasteiger partial charge on any atom is 0.268 e. The first kappa shape index (κ1) is 34.2. The number of aryl methyl sites for hydroxylation is 2. The van der Waals surface area contributed by atoms with Gasteiger partial charge in [-0.25, -0.2) is 12.4 Å². The maximum atomic E-state index is 14.9. The molecule has 0 fully saturated rings. The predicted molar refractivity (Wildman–Crippen MR) is 203 cm³/mol. The van der Waals surface area contributed by atoms with Gasteiger partial charge in [-0.2, -0.15) is 0 Å². The number of hydrogen-bond acceptors (Lipinski definition) is 4. The van der Waals surface area contributed by atoms with Crippen molar-refractivity contribution in [2.75, 3.05) is 0 Å².